The molecule has 1 aromatic rings. The molecule has 0 aliphatic carbocycles. The van der Waals surface area contributed by atoms with Crippen LogP contribution >= 0.6 is 0 Å². The first-order valence-corrected chi connectivity index (χ1v) is 15.4. The Hall–Kier alpha value is -3.27. The summed E-state index contributed by atoms with van der Waals surface area (Å²) < 4.78 is 15.4. The fraction of sp³-hybridized carbons (Fsp3) is 0.645. The number of Topliss-reactive ketones (excluding diaryl/α,β-unsaturated/α-hetero) is 3. The number of ketones is 3. The van der Waals surface area contributed by atoms with Crippen molar-refractivity contribution < 1.29 is 79.0 Å². The van der Waals surface area contributed by atoms with Crippen LogP contribution in [0.3, 0.4) is 0 Å². The number of hydrogen-bond acceptors (Lipinski definition) is 17. The predicted octanol–water partition coefficient (Wildman–Crippen LogP) is -4.88. The Morgan fingerprint density at radius 3 is 2.06 bits per heavy atom. The second-order valence-electron chi connectivity index (χ2n) is 11.8. The Morgan fingerprint density at radius 1 is 0.898 bits per heavy atom. The Bertz CT molecular complexity index is 1260. The van der Waals surface area contributed by atoms with Crippen LogP contribution in [0.25, 0.3) is 0 Å². The number of amides is 1. The molecule has 0 radical (unpaired) electrons. The van der Waals surface area contributed by atoms with Crippen molar-refractivity contribution in [3.63, 3.8) is 0 Å². The highest BCUT2D eigenvalue weighted by Gasteiger charge is 2.47. The normalized spacial score (nSPS) is 24.6. The Labute approximate surface area is 281 Å². The zero-order valence-corrected chi connectivity index (χ0v) is 27.0. The molecule has 0 saturated carbocycles. The maximum absolute atomic E-state index is 13.0. The molecule has 3 unspecified atom stereocenters. The molecule has 18 nitrogen and oxygen atoms in total. The molecule has 1 fully saturated rings. The van der Waals surface area contributed by atoms with E-state index < -0.39 is 129 Å². The molecule has 1 aliphatic rings. The van der Waals surface area contributed by atoms with Gasteiger partial charge in [0.2, 0.25) is 5.91 Å². The fourth-order valence-corrected chi connectivity index (χ4v) is 4.93. The molecule has 1 heterocycles. The number of aliphatic hydroxyl groups is 8. The van der Waals surface area contributed by atoms with E-state index in [1.165, 1.54) is 13.8 Å². The van der Waals surface area contributed by atoms with E-state index in [9.17, 15) is 64.8 Å². The van der Waals surface area contributed by atoms with Gasteiger partial charge in [-0.3, -0.25) is 24.0 Å². The number of carbonyl (C=O) groups is 5. The highest BCUT2D eigenvalue weighted by Crippen LogP contribution is 2.25. The highest BCUT2D eigenvalue weighted by atomic mass is 16.7. The van der Waals surface area contributed by atoms with Gasteiger partial charge in [-0.15, -0.1) is 0 Å². The first-order valence-electron chi connectivity index (χ1n) is 15.4. The van der Waals surface area contributed by atoms with Crippen LogP contribution in [0.15, 0.2) is 24.3 Å². The summed E-state index contributed by atoms with van der Waals surface area (Å²) in [5, 5.41) is 82.9. The minimum Gasteiger partial charge on any atom is -0.461 e. The maximum atomic E-state index is 13.0. The van der Waals surface area contributed by atoms with Gasteiger partial charge in [-0.2, -0.15) is 0 Å². The Kier molecular flexibility index (Phi) is 16.9. The van der Waals surface area contributed by atoms with E-state index in [-0.39, 0.29) is 13.0 Å². The van der Waals surface area contributed by atoms with E-state index in [1.54, 1.807) is 24.3 Å². The number of nitrogens with two attached hydrogens (primary N) is 1. The van der Waals surface area contributed by atoms with Crippen molar-refractivity contribution in [2.24, 2.45) is 11.7 Å². The smallest absolute Gasteiger partial charge is 0.302 e. The van der Waals surface area contributed by atoms with E-state index in [2.05, 4.69) is 5.32 Å². The summed E-state index contributed by atoms with van der Waals surface area (Å²) in [7, 11) is 0. The zero-order valence-electron chi connectivity index (χ0n) is 27.0. The van der Waals surface area contributed by atoms with Gasteiger partial charge in [-0.05, 0) is 18.1 Å². The number of benzene rings is 1. The van der Waals surface area contributed by atoms with Gasteiger partial charge >= 0.3 is 5.97 Å². The third-order valence-corrected chi connectivity index (χ3v) is 7.96. The Balaban J connectivity index is 2.00. The molecule has 1 saturated heterocycles. The van der Waals surface area contributed by atoms with Crippen LogP contribution in [0.1, 0.15) is 37.8 Å². The van der Waals surface area contributed by atoms with Crippen molar-refractivity contribution >= 4 is 29.2 Å². The standard InChI is InChI=1S/C31H46N2O16/c1-14(19(37)8-18(9-24(32)41)20(38)7-16-3-5-17(6-4-16)13-47-15(2)36)33-10-21(39)25(42)28(45)30(22(40)11-34)49-31-29(46)27(44)26(43)23(12-35)48-31/h3-6,14,18,22-23,25-31,33-35,40,42-46H,7-13H2,1-2H3,(H2,32,41)/t14?,18?,22-,23-,25+,26+,27+,28+,29-,30?,31+/m1/s1. The van der Waals surface area contributed by atoms with Crippen LogP contribution in [-0.4, -0.2) is 151 Å². The SMILES string of the molecule is CC(=O)OCc1ccc(CC(=O)C(CC(N)=O)CC(=O)C(C)NCC(=O)[C@H](O)[C@H](O)C(O[C@@H]2O[C@H](CO)[C@H](O)[C@H](O)[C@H]2O)[C@H](O)CO)cc1. The summed E-state index contributed by atoms with van der Waals surface area (Å²) in [5.74, 6) is -4.50. The van der Waals surface area contributed by atoms with Gasteiger partial charge in [0.15, 0.2) is 12.1 Å². The molecule has 0 aromatic heterocycles. The van der Waals surface area contributed by atoms with Crippen LogP contribution in [0.2, 0.25) is 0 Å². The fourth-order valence-electron chi connectivity index (χ4n) is 4.93. The van der Waals surface area contributed by atoms with Gasteiger partial charge in [0, 0.05) is 32.1 Å². The lowest BCUT2D eigenvalue weighted by molar-refractivity contribution is -0.326. The van der Waals surface area contributed by atoms with Crippen molar-refractivity contribution in [3.8, 4) is 0 Å². The molecule has 2 rings (SSSR count). The first-order chi connectivity index (χ1) is 23.0. The number of rotatable bonds is 21. The van der Waals surface area contributed by atoms with Crippen molar-refractivity contribution in [1.29, 1.82) is 0 Å². The molecule has 49 heavy (non-hydrogen) atoms. The number of primary amides is 1. The summed E-state index contributed by atoms with van der Waals surface area (Å²) in [6.45, 7) is 0.0682. The summed E-state index contributed by atoms with van der Waals surface area (Å²) in [5.41, 5.74) is 6.56. The van der Waals surface area contributed by atoms with Gasteiger partial charge in [-0.25, -0.2) is 0 Å². The molecule has 18 heteroatoms. The predicted molar refractivity (Wildman–Crippen MR) is 164 cm³/mol. The molecule has 11 atom stereocenters. The van der Waals surface area contributed by atoms with Gasteiger partial charge in [0.25, 0.3) is 0 Å². The summed E-state index contributed by atoms with van der Waals surface area (Å²) in [6, 6.07) is 5.48. The molecule has 1 aliphatic heterocycles. The molecule has 0 spiro atoms. The number of ether oxygens (including phenoxy) is 3. The number of esters is 1. The third-order valence-electron chi connectivity index (χ3n) is 7.96. The molecule has 276 valence electrons. The minimum absolute atomic E-state index is 0.0485. The third kappa shape index (κ3) is 12.5. The lowest BCUT2D eigenvalue weighted by Crippen LogP contribution is -2.62. The van der Waals surface area contributed by atoms with E-state index in [0.717, 1.165) is 0 Å². The molecule has 1 aromatic carbocycles. The van der Waals surface area contributed by atoms with E-state index in [1.807, 2.05) is 0 Å². The molecule has 0 bridgehead atoms. The van der Waals surface area contributed by atoms with E-state index >= 15 is 0 Å². The van der Waals surface area contributed by atoms with Crippen LogP contribution < -0.4 is 11.1 Å². The van der Waals surface area contributed by atoms with Crippen LogP contribution in [-0.2, 0) is 51.2 Å². The van der Waals surface area contributed by atoms with Gasteiger partial charge in [0.1, 0.15) is 67.0 Å². The second kappa shape index (κ2) is 19.8. The average Bonchev–Trinajstić information content (AvgIpc) is 3.07. The molecular weight excluding hydrogens is 656 g/mol. The van der Waals surface area contributed by atoms with Crippen molar-refractivity contribution in [2.75, 3.05) is 19.8 Å². The van der Waals surface area contributed by atoms with Gasteiger partial charge in [0.05, 0.1) is 25.8 Å². The van der Waals surface area contributed by atoms with Gasteiger partial charge in [-0.1, -0.05) is 24.3 Å². The summed E-state index contributed by atoms with van der Waals surface area (Å²) in [4.78, 5) is 61.4. The summed E-state index contributed by atoms with van der Waals surface area (Å²) in [6.07, 6.45) is -18.4. The van der Waals surface area contributed by atoms with E-state index in [4.69, 9.17) is 19.9 Å². The van der Waals surface area contributed by atoms with Crippen molar-refractivity contribution in [3.05, 3.63) is 35.4 Å². The van der Waals surface area contributed by atoms with Crippen molar-refractivity contribution in [1.82, 2.24) is 5.32 Å². The van der Waals surface area contributed by atoms with Crippen LogP contribution in [0.4, 0.5) is 0 Å². The summed E-state index contributed by atoms with van der Waals surface area (Å²) >= 11 is 0. The quantitative estimate of drug-likeness (QED) is 0.0537. The second-order valence-corrected chi connectivity index (χ2v) is 11.8. The topological polar surface area (TPSA) is 313 Å². The largest absolute Gasteiger partial charge is 0.461 e. The lowest BCUT2D eigenvalue weighted by Gasteiger charge is -2.42. The van der Waals surface area contributed by atoms with Crippen LogP contribution in [0.5, 0.6) is 0 Å². The average molecular weight is 703 g/mol. The monoisotopic (exact) mass is 702 g/mol. The number of nitrogens with one attached hydrogen (secondary N) is 1. The first kappa shape index (κ1) is 41.9. The number of hydrogen-bond donors (Lipinski definition) is 10. The van der Waals surface area contributed by atoms with E-state index in [0.29, 0.717) is 11.1 Å². The molecular formula is C31H46N2O16. The maximum Gasteiger partial charge on any atom is 0.302 e. The highest BCUT2D eigenvalue weighted by molar-refractivity contribution is 5.94. The number of aliphatic hydroxyl groups excluding tert-OH is 8. The van der Waals surface area contributed by atoms with Crippen LogP contribution in [0, 0.1) is 5.92 Å². The Morgan fingerprint density at radius 2 is 1.51 bits per heavy atom. The lowest BCUT2D eigenvalue weighted by atomic mass is 9.88. The molecule has 11 N–H and O–H groups in total. The zero-order chi connectivity index (χ0) is 37.0. The van der Waals surface area contributed by atoms with Crippen molar-refractivity contribution in [2.45, 2.75) is 101 Å². The number of carbonyl (C=O) groups excluding carboxylic acids is 5. The minimum atomic E-state index is -2.30. The van der Waals surface area contributed by atoms with Gasteiger partial charge < -0.3 is 66.1 Å². The molecule has 1 amide bonds.